The van der Waals surface area contributed by atoms with Crippen LogP contribution in [0.5, 0.6) is 0 Å². The molecule has 0 radical (unpaired) electrons. The molecule has 1 amide bonds. The number of nitrogens with one attached hydrogen (secondary N) is 2. The van der Waals surface area contributed by atoms with Crippen LogP contribution in [0.15, 0.2) is 30.3 Å². The minimum absolute atomic E-state index is 0.0475. The summed E-state index contributed by atoms with van der Waals surface area (Å²) in [6, 6.07) is 9.49. The van der Waals surface area contributed by atoms with Crippen molar-refractivity contribution in [2.75, 3.05) is 31.6 Å². The number of hydrogen-bond donors (Lipinski definition) is 2. The van der Waals surface area contributed by atoms with Crippen LogP contribution in [0.2, 0.25) is 0 Å². The highest BCUT2D eigenvalue weighted by Gasteiger charge is 2.01. The van der Waals surface area contributed by atoms with Gasteiger partial charge in [0.1, 0.15) is 0 Å². The molecule has 0 aromatic heterocycles. The molecule has 1 aromatic carbocycles. The molecule has 1 rings (SSSR count). The SMILES string of the molecule is CCCOCCCC(=O)Nc1ccccc1.CCNCC. The highest BCUT2D eigenvalue weighted by molar-refractivity contribution is 5.90. The summed E-state index contributed by atoms with van der Waals surface area (Å²) >= 11 is 0. The molecule has 0 heterocycles. The Kier molecular flexibility index (Phi) is 14.0. The summed E-state index contributed by atoms with van der Waals surface area (Å²) in [6.45, 7) is 9.90. The average Bonchev–Trinajstić information content (AvgIpc) is 2.49. The fourth-order valence-corrected chi connectivity index (χ4v) is 1.58. The Bertz CT molecular complexity index is 340. The smallest absolute Gasteiger partial charge is 0.224 e. The largest absolute Gasteiger partial charge is 0.381 e. The van der Waals surface area contributed by atoms with Gasteiger partial charge in [-0.15, -0.1) is 0 Å². The van der Waals surface area contributed by atoms with E-state index < -0.39 is 0 Å². The monoisotopic (exact) mass is 294 g/mol. The van der Waals surface area contributed by atoms with Gasteiger partial charge in [-0.05, 0) is 38.1 Å². The first-order valence-corrected chi connectivity index (χ1v) is 7.87. The number of benzene rings is 1. The lowest BCUT2D eigenvalue weighted by atomic mass is 10.3. The van der Waals surface area contributed by atoms with Gasteiger partial charge in [0.25, 0.3) is 0 Å². The Balaban J connectivity index is 0.000000690. The number of para-hydroxylation sites is 1. The number of ether oxygens (including phenoxy) is 1. The summed E-state index contributed by atoms with van der Waals surface area (Å²) in [6.07, 6.45) is 2.31. The summed E-state index contributed by atoms with van der Waals surface area (Å²) < 4.78 is 5.30. The van der Waals surface area contributed by atoms with Crippen molar-refractivity contribution in [2.45, 2.75) is 40.0 Å². The number of anilines is 1. The van der Waals surface area contributed by atoms with Gasteiger partial charge in [0.2, 0.25) is 5.91 Å². The summed E-state index contributed by atoms with van der Waals surface area (Å²) in [7, 11) is 0. The molecule has 4 heteroatoms. The Labute approximate surface area is 129 Å². The highest BCUT2D eigenvalue weighted by Crippen LogP contribution is 2.05. The quantitative estimate of drug-likeness (QED) is 0.686. The summed E-state index contributed by atoms with van der Waals surface area (Å²) in [5, 5.41) is 5.95. The van der Waals surface area contributed by atoms with E-state index in [1.54, 1.807) is 0 Å². The molecule has 120 valence electrons. The van der Waals surface area contributed by atoms with Crippen molar-refractivity contribution in [1.82, 2.24) is 5.32 Å². The highest BCUT2D eigenvalue weighted by atomic mass is 16.5. The van der Waals surface area contributed by atoms with E-state index in [1.807, 2.05) is 30.3 Å². The van der Waals surface area contributed by atoms with E-state index in [-0.39, 0.29) is 5.91 Å². The molecule has 0 atom stereocenters. The van der Waals surface area contributed by atoms with E-state index in [1.165, 1.54) is 0 Å². The lowest BCUT2D eigenvalue weighted by molar-refractivity contribution is -0.116. The molecular formula is C17H30N2O2. The molecule has 0 aliphatic carbocycles. The molecular weight excluding hydrogens is 264 g/mol. The van der Waals surface area contributed by atoms with Crippen LogP contribution < -0.4 is 10.6 Å². The molecule has 0 aliphatic rings. The van der Waals surface area contributed by atoms with Gasteiger partial charge in [-0.3, -0.25) is 4.79 Å². The van der Waals surface area contributed by atoms with Crippen molar-refractivity contribution in [3.05, 3.63) is 30.3 Å². The standard InChI is InChI=1S/C13H19NO2.C4H11N/c1-2-10-16-11-6-9-13(15)14-12-7-4-3-5-8-12;1-3-5-4-2/h3-5,7-8H,2,6,9-11H2,1H3,(H,14,15);5H,3-4H2,1-2H3. The van der Waals surface area contributed by atoms with Crippen molar-refractivity contribution < 1.29 is 9.53 Å². The second-order valence-corrected chi connectivity index (χ2v) is 4.59. The van der Waals surface area contributed by atoms with Crippen LogP contribution in [0, 0.1) is 0 Å². The molecule has 0 unspecified atom stereocenters. The predicted molar refractivity (Wildman–Crippen MR) is 89.6 cm³/mol. The first-order chi connectivity index (χ1) is 10.2. The summed E-state index contributed by atoms with van der Waals surface area (Å²) in [5.74, 6) is 0.0475. The molecule has 0 bridgehead atoms. The van der Waals surface area contributed by atoms with E-state index in [4.69, 9.17) is 4.74 Å². The van der Waals surface area contributed by atoms with Crippen molar-refractivity contribution in [2.24, 2.45) is 0 Å². The van der Waals surface area contributed by atoms with E-state index in [2.05, 4.69) is 31.4 Å². The predicted octanol–water partition coefficient (Wildman–Crippen LogP) is 3.45. The molecule has 4 nitrogen and oxygen atoms in total. The third-order valence-electron chi connectivity index (χ3n) is 2.60. The number of carbonyl (C=O) groups excluding carboxylic acids is 1. The molecule has 1 aromatic rings. The number of carbonyl (C=O) groups is 1. The van der Waals surface area contributed by atoms with E-state index >= 15 is 0 Å². The summed E-state index contributed by atoms with van der Waals surface area (Å²) in [4.78, 5) is 11.5. The minimum atomic E-state index is 0.0475. The third-order valence-corrected chi connectivity index (χ3v) is 2.60. The summed E-state index contributed by atoms with van der Waals surface area (Å²) in [5.41, 5.74) is 0.849. The van der Waals surface area contributed by atoms with Crippen LogP contribution in [-0.4, -0.2) is 32.2 Å². The number of hydrogen-bond acceptors (Lipinski definition) is 3. The minimum Gasteiger partial charge on any atom is -0.381 e. The van der Waals surface area contributed by atoms with Crippen molar-refractivity contribution in [3.63, 3.8) is 0 Å². The molecule has 2 N–H and O–H groups in total. The lowest BCUT2D eigenvalue weighted by Gasteiger charge is -2.05. The zero-order chi connectivity index (χ0) is 15.8. The van der Waals surface area contributed by atoms with E-state index in [9.17, 15) is 4.79 Å². The van der Waals surface area contributed by atoms with Crippen LogP contribution >= 0.6 is 0 Å². The van der Waals surface area contributed by atoms with Gasteiger partial charge in [0.05, 0.1) is 0 Å². The Hall–Kier alpha value is -1.39. The zero-order valence-corrected chi connectivity index (χ0v) is 13.7. The van der Waals surface area contributed by atoms with E-state index in [0.717, 1.165) is 38.2 Å². The molecule has 0 spiro atoms. The molecule has 0 fully saturated rings. The van der Waals surface area contributed by atoms with Crippen LogP contribution in [-0.2, 0) is 9.53 Å². The maximum absolute atomic E-state index is 11.5. The maximum Gasteiger partial charge on any atom is 0.224 e. The molecule has 0 saturated carbocycles. The van der Waals surface area contributed by atoms with Gasteiger partial charge < -0.3 is 15.4 Å². The fraction of sp³-hybridized carbons (Fsp3) is 0.588. The first-order valence-electron chi connectivity index (χ1n) is 7.87. The fourth-order valence-electron chi connectivity index (χ4n) is 1.58. The third kappa shape index (κ3) is 13.4. The second-order valence-electron chi connectivity index (χ2n) is 4.59. The van der Waals surface area contributed by atoms with Crippen LogP contribution in [0.4, 0.5) is 5.69 Å². The van der Waals surface area contributed by atoms with Gasteiger partial charge in [-0.1, -0.05) is 39.0 Å². The molecule has 21 heavy (non-hydrogen) atoms. The van der Waals surface area contributed by atoms with Gasteiger partial charge in [0, 0.05) is 25.3 Å². The van der Waals surface area contributed by atoms with Gasteiger partial charge in [-0.25, -0.2) is 0 Å². The van der Waals surface area contributed by atoms with Crippen molar-refractivity contribution in [1.29, 1.82) is 0 Å². The number of rotatable bonds is 9. The van der Waals surface area contributed by atoms with E-state index in [0.29, 0.717) is 13.0 Å². The second kappa shape index (κ2) is 15.0. The first kappa shape index (κ1) is 19.6. The normalized spacial score (nSPS) is 9.67. The van der Waals surface area contributed by atoms with Crippen LogP contribution in [0.1, 0.15) is 40.0 Å². The average molecular weight is 294 g/mol. The number of amides is 1. The Morgan fingerprint density at radius 3 is 2.24 bits per heavy atom. The molecule has 0 saturated heterocycles. The maximum atomic E-state index is 11.5. The topological polar surface area (TPSA) is 50.4 Å². The van der Waals surface area contributed by atoms with Gasteiger partial charge >= 0.3 is 0 Å². The van der Waals surface area contributed by atoms with Gasteiger partial charge in [0.15, 0.2) is 0 Å². The molecule has 0 aliphatic heterocycles. The lowest BCUT2D eigenvalue weighted by Crippen LogP contribution is -2.12. The van der Waals surface area contributed by atoms with Gasteiger partial charge in [-0.2, -0.15) is 0 Å². The van der Waals surface area contributed by atoms with Crippen molar-refractivity contribution in [3.8, 4) is 0 Å². The Morgan fingerprint density at radius 2 is 1.71 bits per heavy atom. The van der Waals surface area contributed by atoms with Crippen LogP contribution in [0.3, 0.4) is 0 Å². The Morgan fingerprint density at radius 1 is 1.05 bits per heavy atom. The van der Waals surface area contributed by atoms with Crippen molar-refractivity contribution >= 4 is 11.6 Å². The van der Waals surface area contributed by atoms with Crippen LogP contribution in [0.25, 0.3) is 0 Å². The zero-order valence-electron chi connectivity index (χ0n) is 13.7.